The molecular weight excluding hydrogens is 190 g/mol. The molecule has 0 bridgehead atoms. The Morgan fingerprint density at radius 2 is 2.20 bits per heavy atom. The van der Waals surface area contributed by atoms with Gasteiger partial charge in [0.2, 0.25) is 0 Å². The van der Waals surface area contributed by atoms with Crippen LogP contribution in [-0.4, -0.2) is 10.9 Å². The van der Waals surface area contributed by atoms with Crippen molar-refractivity contribution in [1.29, 1.82) is 0 Å². The quantitative estimate of drug-likeness (QED) is 0.435. The van der Waals surface area contributed by atoms with Crippen molar-refractivity contribution >= 4 is 5.91 Å². The van der Waals surface area contributed by atoms with E-state index in [2.05, 4.69) is 10.4 Å². The van der Waals surface area contributed by atoms with E-state index in [0.717, 1.165) is 5.69 Å². The summed E-state index contributed by atoms with van der Waals surface area (Å²) in [5.41, 5.74) is 3.75. The van der Waals surface area contributed by atoms with Crippen LogP contribution in [0.25, 0.3) is 0 Å². The minimum Gasteiger partial charge on any atom is -0.290 e. The number of nitrogens with one attached hydrogen (secondary N) is 1. The summed E-state index contributed by atoms with van der Waals surface area (Å²) in [6.45, 7) is 0. The monoisotopic (exact) mass is 205 g/mol. The molecule has 1 aromatic heterocycles. The van der Waals surface area contributed by atoms with E-state index < -0.39 is 0 Å². The van der Waals surface area contributed by atoms with Gasteiger partial charge in [-0.05, 0) is 25.0 Å². The molecule has 4 heteroatoms. The number of amides is 1. The highest BCUT2D eigenvalue weighted by Crippen LogP contribution is 2.32. The van der Waals surface area contributed by atoms with Gasteiger partial charge in [-0.3, -0.25) is 15.2 Å². The van der Waals surface area contributed by atoms with Crippen LogP contribution in [0.3, 0.4) is 0 Å². The first kappa shape index (κ1) is 10.1. The summed E-state index contributed by atoms with van der Waals surface area (Å²) in [5.74, 6) is 5.36. The number of hydrogen-bond donors (Lipinski definition) is 2. The molecule has 1 amide bonds. The smallest absolute Gasteiger partial charge is 0.265 e. The second-order valence-electron chi connectivity index (χ2n) is 3.92. The largest absolute Gasteiger partial charge is 0.290 e. The van der Waals surface area contributed by atoms with E-state index in [1.54, 1.807) is 12.3 Å². The van der Waals surface area contributed by atoms with Gasteiger partial charge in [0.25, 0.3) is 5.91 Å². The summed E-state index contributed by atoms with van der Waals surface area (Å²) in [7, 11) is 0. The molecule has 1 fully saturated rings. The lowest BCUT2D eigenvalue weighted by atomic mass is 10.0. The standard InChI is InChI=1S/C11H15N3O/c12-14-11(15)9-5-6-13-10(7-9)8-3-1-2-4-8/h5-8H,1-4,12H2,(H,14,15). The van der Waals surface area contributed by atoms with Gasteiger partial charge in [-0.2, -0.15) is 0 Å². The molecule has 1 heterocycles. The second kappa shape index (κ2) is 4.40. The third-order valence-corrected chi connectivity index (χ3v) is 2.95. The molecule has 0 spiro atoms. The van der Waals surface area contributed by atoms with E-state index in [-0.39, 0.29) is 5.91 Å². The normalized spacial score (nSPS) is 16.6. The number of carbonyl (C=O) groups excluding carboxylic acids is 1. The highest BCUT2D eigenvalue weighted by molar-refractivity contribution is 5.93. The summed E-state index contributed by atoms with van der Waals surface area (Å²) >= 11 is 0. The topological polar surface area (TPSA) is 68.0 Å². The van der Waals surface area contributed by atoms with Gasteiger partial charge in [-0.15, -0.1) is 0 Å². The fraction of sp³-hybridized carbons (Fsp3) is 0.455. The molecule has 1 saturated carbocycles. The van der Waals surface area contributed by atoms with Crippen LogP contribution in [0.2, 0.25) is 0 Å². The van der Waals surface area contributed by atoms with Gasteiger partial charge in [-0.1, -0.05) is 12.8 Å². The number of carbonyl (C=O) groups is 1. The van der Waals surface area contributed by atoms with Gasteiger partial charge in [0.1, 0.15) is 0 Å². The Labute approximate surface area is 88.9 Å². The lowest BCUT2D eigenvalue weighted by molar-refractivity contribution is 0.0953. The van der Waals surface area contributed by atoms with E-state index in [0.29, 0.717) is 11.5 Å². The zero-order valence-corrected chi connectivity index (χ0v) is 8.57. The molecule has 15 heavy (non-hydrogen) atoms. The number of nitrogens with zero attached hydrogens (tertiary/aromatic N) is 1. The van der Waals surface area contributed by atoms with Crippen molar-refractivity contribution in [1.82, 2.24) is 10.4 Å². The predicted molar refractivity (Wildman–Crippen MR) is 57.1 cm³/mol. The van der Waals surface area contributed by atoms with Gasteiger partial charge in [0, 0.05) is 23.4 Å². The average Bonchev–Trinajstić information content (AvgIpc) is 2.82. The zero-order valence-electron chi connectivity index (χ0n) is 8.57. The number of hydrazine groups is 1. The third kappa shape index (κ3) is 2.15. The van der Waals surface area contributed by atoms with Crippen molar-refractivity contribution in [3.8, 4) is 0 Å². The number of nitrogen functional groups attached to an aromatic ring is 1. The molecule has 0 aliphatic heterocycles. The van der Waals surface area contributed by atoms with E-state index >= 15 is 0 Å². The SMILES string of the molecule is NNC(=O)c1ccnc(C2CCCC2)c1. The van der Waals surface area contributed by atoms with Crippen LogP contribution in [-0.2, 0) is 0 Å². The maximum atomic E-state index is 11.3. The molecule has 2 rings (SSSR count). The molecule has 0 saturated heterocycles. The van der Waals surface area contributed by atoms with E-state index in [1.165, 1.54) is 25.7 Å². The van der Waals surface area contributed by atoms with Crippen LogP contribution in [0.1, 0.15) is 47.7 Å². The van der Waals surface area contributed by atoms with Crippen LogP contribution in [0, 0.1) is 0 Å². The summed E-state index contributed by atoms with van der Waals surface area (Å²) in [6, 6.07) is 3.53. The first-order valence-corrected chi connectivity index (χ1v) is 5.28. The first-order chi connectivity index (χ1) is 7.31. The number of aromatic nitrogens is 1. The number of nitrogens with two attached hydrogens (primary N) is 1. The molecule has 1 aliphatic rings. The Morgan fingerprint density at radius 3 is 2.87 bits per heavy atom. The van der Waals surface area contributed by atoms with Crippen molar-refractivity contribution in [2.45, 2.75) is 31.6 Å². The molecule has 80 valence electrons. The Balaban J connectivity index is 2.21. The lowest BCUT2D eigenvalue weighted by Crippen LogP contribution is -2.30. The maximum absolute atomic E-state index is 11.3. The second-order valence-corrected chi connectivity index (χ2v) is 3.92. The molecule has 0 aromatic carbocycles. The molecule has 0 unspecified atom stereocenters. The minimum absolute atomic E-state index is 0.253. The van der Waals surface area contributed by atoms with E-state index in [9.17, 15) is 4.79 Å². The van der Waals surface area contributed by atoms with Crippen LogP contribution < -0.4 is 11.3 Å². The molecule has 3 N–H and O–H groups in total. The van der Waals surface area contributed by atoms with Crippen LogP contribution in [0.5, 0.6) is 0 Å². The summed E-state index contributed by atoms with van der Waals surface area (Å²) in [6.07, 6.45) is 6.57. The summed E-state index contributed by atoms with van der Waals surface area (Å²) in [4.78, 5) is 15.6. The molecule has 0 radical (unpaired) electrons. The van der Waals surface area contributed by atoms with Crippen LogP contribution in [0.4, 0.5) is 0 Å². The molecule has 1 aromatic rings. The highest BCUT2D eigenvalue weighted by Gasteiger charge is 2.19. The van der Waals surface area contributed by atoms with Crippen molar-refractivity contribution in [3.05, 3.63) is 29.6 Å². The summed E-state index contributed by atoms with van der Waals surface area (Å²) in [5, 5.41) is 0. The number of pyridine rings is 1. The Bertz CT molecular complexity index is 359. The van der Waals surface area contributed by atoms with Crippen molar-refractivity contribution in [2.75, 3.05) is 0 Å². The summed E-state index contributed by atoms with van der Waals surface area (Å²) < 4.78 is 0. The van der Waals surface area contributed by atoms with Crippen molar-refractivity contribution in [2.24, 2.45) is 5.84 Å². The predicted octanol–water partition coefficient (Wildman–Crippen LogP) is 1.34. The fourth-order valence-electron chi connectivity index (χ4n) is 2.12. The minimum atomic E-state index is -0.253. The molecule has 4 nitrogen and oxygen atoms in total. The Hall–Kier alpha value is -1.42. The van der Waals surface area contributed by atoms with Gasteiger partial charge < -0.3 is 0 Å². The van der Waals surface area contributed by atoms with Gasteiger partial charge in [0.15, 0.2) is 0 Å². The Morgan fingerprint density at radius 1 is 1.47 bits per heavy atom. The van der Waals surface area contributed by atoms with Crippen LogP contribution in [0.15, 0.2) is 18.3 Å². The first-order valence-electron chi connectivity index (χ1n) is 5.28. The zero-order chi connectivity index (χ0) is 10.7. The highest BCUT2D eigenvalue weighted by atomic mass is 16.2. The van der Waals surface area contributed by atoms with Gasteiger partial charge >= 0.3 is 0 Å². The van der Waals surface area contributed by atoms with E-state index in [4.69, 9.17) is 5.84 Å². The number of rotatable bonds is 2. The van der Waals surface area contributed by atoms with Crippen LogP contribution >= 0.6 is 0 Å². The third-order valence-electron chi connectivity index (χ3n) is 2.95. The average molecular weight is 205 g/mol. The van der Waals surface area contributed by atoms with Gasteiger partial charge in [-0.25, -0.2) is 5.84 Å². The maximum Gasteiger partial charge on any atom is 0.265 e. The molecule has 1 aliphatic carbocycles. The Kier molecular flexibility index (Phi) is 2.97. The van der Waals surface area contributed by atoms with E-state index in [1.807, 2.05) is 6.07 Å². The van der Waals surface area contributed by atoms with Gasteiger partial charge in [0.05, 0.1) is 0 Å². The van der Waals surface area contributed by atoms with Crippen molar-refractivity contribution in [3.63, 3.8) is 0 Å². The van der Waals surface area contributed by atoms with Crippen molar-refractivity contribution < 1.29 is 4.79 Å². The molecule has 0 atom stereocenters. The number of hydrogen-bond acceptors (Lipinski definition) is 3. The fourth-order valence-corrected chi connectivity index (χ4v) is 2.12. The lowest BCUT2D eigenvalue weighted by Gasteiger charge is -2.09. The molecular formula is C11H15N3O.